The van der Waals surface area contributed by atoms with Gasteiger partial charge in [-0.05, 0) is 66.2 Å². The van der Waals surface area contributed by atoms with E-state index in [1.165, 1.54) is 0 Å². The first-order chi connectivity index (χ1) is 13.5. The molecule has 0 aliphatic rings. The van der Waals surface area contributed by atoms with Gasteiger partial charge in [0.2, 0.25) is 0 Å². The molecule has 0 fully saturated rings. The van der Waals surface area contributed by atoms with Gasteiger partial charge in [0.05, 0.1) is 13.7 Å². The number of nitrogens with zero attached hydrogens (tertiary/aromatic N) is 2. The Morgan fingerprint density at radius 1 is 0.857 bits per heavy atom. The van der Waals surface area contributed by atoms with Crippen molar-refractivity contribution in [2.75, 3.05) is 31.0 Å². The van der Waals surface area contributed by atoms with Crippen molar-refractivity contribution in [1.29, 1.82) is 0 Å². The predicted octanol–water partition coefficient (Wildman–Crippen LogP) is 5.26. The smallest absolute Gasteiger partial charge is 0.258 e. The molecule has 0 aliphatic carbocycles. The minimum Gasteiger partial charge on any atom is -0.497 e. The Hall–Kier alpha value is -2.98. The molecule has 28 heavy (non-hydrogen) atoms. The lowest BCUT2D eigenvalue weighted by atomic mass is 10.1. The summed E-state index contributed by atoms with van der Waals surface area (Å²) in [5.74, 6) is 0.663. The molecule has 0 aromatic heterocycles. The summed E-state index contributed by atoms with van der Waals surface area (Å²) in [6, 6.07) is 22.6. The third kappa shape index (κ3) is 4.65. The zero-order valence-electron chi connectivity index (χ0n) is 16.2. The van der Waals surface area contributed by atoms with Gasteiger partial charge in [-0.25, -0.2) is 0 Å². The van der Waals surface area contributed by atoms with Gasteiger partial charge in [-0.2, -0.15) is 0 Å². The topological polar surface area (TPSA) is 32.8 Å². The highest BCUT2D eigenvalue weighted by Gasteiger charge is 2.18. The summed E-state index contributed by atoms with van der Waals surface area (Å²) in [6.07, 6.45) is 0. The molecule has 0 saturated carbocycles. The second-order valence-corrected chi connectivity index (χ2v) is 7.09. The SMILES string of the molecule is COc1ccc(N(Cc2ccc(N(C)C)cc2)C(=O)c2ccc(Cl)cc2)cc1. The minimum atomic E-state index is -0.0847. The zero-order chi connectivity index (χ0) is 20.1. The first-order valence-corrected chi connectivity index (χ1v) is 9.33. The van der Waals surface area contributed by atoms with Gasteiger partial charge in [0.1, 0.15) is 5.75 Å². The van der Waals surface area contributed by atoms with Gasteiger partial charge >= 0.3 is 0 Å². The molecule has 3 aromatic carbocycles. The van der Waals surface area contributed by atoms with E-state index in [2.05, 4.69) is 0 Å². The fraction of sp³-hybridized carbons (Fsp3) is 0.174. The number of rotatable bonds is 6. The Kier molecular flexibility index (Phi) is 6.22. The van der Waals surface area contributed by atoms with Crippen molar-refractivity contribution in [2.24, 2.45) is 0 Å². The van der Waals surface area contributed by atoms with Crippen LogP contribution in [0.4, 0.5) is 11.4 Å². The van der Waals surface area contributed by atoms with Crippen LogP contribution in [-0.4, -0.2) is 27.1 Å². The lowest BCUT2D eigenvalue weighted by Gasteiger charge is -2.24. The van der Waals surface area contributed by atoms with Gasteiger partial charge < -0.3 is 14.5 Å². The number of carbonyl (C=O) groups excluding carboxylic acids is 1. The normalized spacial score (nSPS) is 10.4. The van der Waals surface area contributed by atoms with Crippen molar-refractivity contribution in [2.45, 2.75) is 6.54 Å². The second-order valence-electron chi connectivity index (χ2n) is 6.66. The Labute approximate surface area is 170 Å². The van der Waals surface area contributed by atoms with E-state index in [9.17, 15) is 4.79 Å². The summed E-state index contributed by atoms with van der Waals surface area (Å²) in [4.78, 5) is 17.0. The second kappa shape index (κ2) is 8.81. The first-order valence-electron chi connectivity index (χ1n) is 8.95. The molecule has 0 radical (unpaired) electrons. The number of hydrogen-bond acceptors (Lipinski definition) is 3. The number of amides is 1. The Morgan fingerprint density at radius 3 is 1.96 bits per heavy atom. The highest BCUT2D eigenvalue weighted by molar-refractivity contribution is 6.30. The maximum atomic E-state index is 13.2. The summed E-state index contributed by atoms with van der Waals surface area (Å²) < 4.78 is 5.24. The highest BCUT2D eigenvalue weighted by Crippen LogP contribution is 2.24. The van der Waals surface area contributed by atoms with Gasteiger partial charge in [0, 0.05) is 36.1 Å². The molecule has 1 amide bonds. The molecule has 3 rings (SSSR count). The molecule has 0 N–H and O–H groups in total. The molecule has 5 heteroatoms. The lowest BCUT2D eigenvalue weighted by Crippen LogP contribution is -2.30. The maximum Gasteiger partial charge on any atom is 0.258 e. The summed E-state index contributed by atoms with van der Waals surface area (Å²) >= 11 is 5.97. The summed E-state index contributed by atoms with van der Waals surface area (Å²) in [5, 5.41) is 0.604. The van der Waals surface area contributed by atoms with Gasteiger partial charge in [-0.3, -0.25) is 4.79 Å². The molecule has 0 heterocycles. The van der Waals surface area contributed by atoms with E-state index in [0.717, 1.165) is 22.7 Å². The summed E-state index contributed by atoms with van der Waals surface area (Å²) in [7, 11) is 5.63. The summed E-state index contributed by atoms with van der Waals surface area (Å²) in [5.41, 5.74) is 3.55. The average molecular weight is 395 g/mol. The fourth-order valence-corrected chi connectivity index (χ4v) is 3.00. The number of halogens is 1. The molecular weight excluding hydrogens is 372 g/mol. The van der Waals surface area contributed by atoms with E-state index in [4.69, 9.17) is 16.3 Å². The monoisotopic (exact) mass is 394 g/mol. The fourth-order valence-electron chi connectivity index (χ4n) is 2.87. The van der Waals surface area contributed by atoms with Crippen molar-refractivity contribution in [3.63, 3.8) is 0 Å². The van der Waals surface area contributed by atoms with Gasteiger partial charge in [-0.1, -0.05) is 23.7 Å². The Balaban J connectivity index is 1.93. The Bertz CT molecular complexity index is 920. The van der Waals surface area contributed by atoms with E-state index in [1.807, 2.05) is 67.5 Å². The number of hydrogen-bond donors (Lipinski definition) is 0. The molecule has 0 aliphatic heterocycles. The van der Waals surface area contributed by atoms with Crippen LogP contribution in [0.25, 0.3) is 0 Å². The van der Waals surface area contributed by atoms with Crippen molar-refractivity contribution in [1.82, 2.24) is 0 Å². The van der Waals surface area contributed by atoms with E-state index < -0.39 is 0 Å². The molecule has 0 saturated heterocycles. The molecule has 0 unspecified atom stereocenters. The molecule has 0 bridgehead atoms. The van der Waals surface area contributed by atoms with Crippen LogP contribution in [-0.2, 0) is 6.54 Å². The largest absolute Gasteiger partial charge is 0.497 e. The van der Waals surface area contributed by atoms with Crippen LogP contribution in [0, 0.1) is 0 Å². The van der Waals surface area contributed by atoms with Crippen molar-refractivity contribution >= 4 is 28.9 Å². The zero-order valence-corrected chi connectivity index (χ0v) is 17.0. The molecule has 0 atom stereocenters. The molecule has 0 spiro atoms. The van der Waals surface area contributed by atoms with E-state index in [-0.39, 0.29) is 5.91 Å². The van der Waals surface area contributed by atoms with Gasteiger partial charge in [0.25, 0.3) is 5.91 Å². The molecular formula is C23H23ClN2O2. The highest BCUT2D eigenvalue weighted by atomic mass is 35.5. The van der Waals surface area contributed by atoms with Gasteiger partial charge in [0.15, 0.2) is 0 Å². The van der Waals surface area contributed by atoms with E-state index in [0.29, 0.717) is 17.1 Å². The molecule has 3 aromatic rings. The molecule has 144 valence electrons. The van der Waals surface area contributed by atoms with E-state index in [1.54, 1.807) is 36.3 Å². The van der Waals surface area contributed by atoms with Crippen molar-refractivity contribution in [3.05, 3.63) is 88.9 Å². The van der Waals surface area contributed by atoms with Crippen LogP contribution in [0.5, 0.6) is 5.75 Å². The third-order valence-electron chi connectivity index (χ3n) is 4.51. The average Bonchev–Trinajstić information content (AvgIpc) is 2.72. The van der Waals surface area contributed by atoms with Crippen molar-refractivity contribution in [3.8, 4) is 5.75 Å². The van der Waals surface area contributed by atoms with Gasteiger partial charge in [-0.15, -0.1) is 0 Å². The van der Waals surface area contributed by atoms with E-state index >= 15 is 0 Å². The number of carbonyl (C=O) groups is 1. The lowest BCUT2D eigenvalue weighted by molar-refractivity contribution is 0.0985. The quantitative estimate of drug-likeness (QED) is 0.571. The standard InChI is InChI=1S/C23H23ClN2O2/c1-25(2)20-10-4-17(5-11-20)16-26(21-12-14-22(28-3)15-13-21)23(27)18-6-8-19(24)9-7-18/h4-15H,16H2,1-3H3. The summed E-state index contributed by atoms with van der Waals surface area (Å²) in [6.45, 7) is 0.460. The number of benzene rings is 3. The van der Waals surface area contributed by atoms with Crippen LogP contribution >= 0.6 is 11.6 Å². The van der Waals surface area contributed by atoms with Crippen LogP contribution in [0.15, 0.2) is 72.8 Å². The van der Waals surface area contributed by atoms with Crippen LogP contribution in [0.3, 0.4) is 0 Å². The van der Waals surface area contributed by atoms with Crippen LogP contribution < -0.4 is 14.5 Å². The third-order valence-corrected chi connectivity index (χ3v) is 4.77. The number of anilines is 2. The number of methoxy groups -OCH3 is 1. The Morgan fingerprint density at radius 2 is 1.43 bits per heavy atom. The maximum absolute atomic E-state index is 13.2. The molecule has 4 nitrogen and oxygen atoms in total. The van der Waals surface area contributed by atoms with Crippen LogP contribution in [0.1, 0.15) is 15.9 Å². The number of ether oxygens (including phenoxy) is 1. The van der Waals surface area contributed by atoms with Crippen LogP contribution in [0.2, 0.25) is 5.02 Å². The van der Waals surface area contributed by atoms with Crippen molar-refractivity contribution < 1.29 is 9.53 Å². The first kappa shape index (κ1) is 19.8. The predicted molar refractivity (Wildman–Crippen MR) is 116 cm³/mol. The minimum absolute atomic E-state index is 0.0847.